The summed E-state index contributed by atoms with van der Waals surface area (Å²) in [5, 5.41) is 13.2. The quantitative estimate of drug-likeness (QED) is 0.616. The molecule has 4 rings (SSSR count). The van der Waals surface area contributed by atoms with E-state index in [1.807, 2.05) is 11.0 Å². The zero-order chi connectivity index (χ0) is 22.7. The molecule has 1 amide bonds. The number of amides is 1. The van der Waals surface area contributed by atoms with E-state index in [4.69, 9.17) is 5.26 Å². The second-order valence-electron chi connectivity index (χ2n) is 7.10. The van der Waals surface area contributed by atoms with Crippen LogP contribution in [0, 0.1) is 17.1 Å². The average Bonchev–Trinajstić information content (AvgIpc) is 3.31. The van der Waals surface area contributed by atoms with Crippen LogP contribution in [0.25, 0.3) is 0 Å². The molecule has 7 nitrogen and oxygen atoms in total. The van der Waals surface area contributed by atoms with Gasteiger partial charge in [0.1, 0.15) is 15.6 Å². The summed E-state index contributed by atoms with van der Waals surface area (Å²) in [5.74, 6) is -0.903. The second-order valence-corrected chi connectivity index (χ2v) is 9.93. The second kappa shape index (κ2) is 9.08. The Morgan fingerprint density at radius 3 is 2.53 bits per heavy atom. The third-order valence-electron chi connectivity index (χ3n) is 5.13. The highest BCUT2D eigenvalue weighted by Crippen LogP contribution is 2.28. The van der Waals surface area contributed by atoms with E-state index in [9.17, 15) is 17.6 Å². The Labute approximate surface area is 189 Å². The van der Waals surface area contributed by atoms with Crippen LogP contribution in [0.1, 0.15) is 15.2 Å². The summed E-state index contributed by atoms with van der Waals surface area (Å²) >= 11 is 1.03. The zero-order valence-electron chi connectivity index (χ0n) is 16.9. The third-order valence-corrected chi connectivity index (χ3v) is 8.12. The van der Waals surface area contributed by atoms with Gasteiger partial charge in [0.15, 0.2) is 0 Å². The van der Waals surface area contributed by atoms with Crippen LogP contribution in [0.5, 0.6) is 0 Å². The minimum absolute atomic E-state index is 0.0595. The number of thiophene rings is 1. The van der Waals surface area contributed by atoms with Crippen LogP contribution in [-0.4, -0.2) is 44.8 Å². The van der Waals surface area contributed by atoms with Crippen molar-refractivity contribution in [2.75, 3.05) is 36.4 Å². The number of sulfonamides is 1. The smallest absolute Gasteiger partial charge is 0.267 e. The van der Waals surface area contributed by atoms with E-state index in [1.165, 1.54) is 22.5 Å². The summed E-state index contributed by atoms with van der Waals surface area (Å²) < 4.78 is 41.9. The Kier molecular flexibility index (Phi) is 6.23. The van der Waals surface area contributed by atoms with Crippen molar-refractivity contribution in [3.8, 4) is 6.07 Å². The van der Waals surface area contributed by atoms with Crippen molar-refractivity contribution in [1.82, 2.24) is 4.31 Å². The van der Waals surface area contributed by atoms with Gasteiger partial charge in [0, 0.05) is 31.9 Å². The van der Waals surface area contributed by atoms with Crippen molar-refractivity contribution in [3.63, 3.8) is 0 Å². The van der Waals surface area contributed by atoms with Gasteiger partial charge < -0.3 is 10.2 Å². The Morgan fingerprint density at radius 1 is 1.06 bits per heavy atom. The van der Waals surface area contributed by atoms with E-state index in [0.717, 1.165) is 11.3 Å². The Morgan fingerprint density at radius 2 is 1.81 bits per heavy atom. The molecule has 164 valence electrons. The first kappa shape index (κ1) is 22.0. The van der Waals surface area contributed by atoms with Gasteiger partial charge in [-0.05, 0) is 41.8 Å². The number of hydrogen-bond donors (Lipinski definition) is 1. The summed E-state index contributed by atoms with van der Waals surface area (Å²) in [6, 6.07) is 16.2. The minimum atomic E-state index is -3.91. The molecule has 10 heteroatoms. The fourth-order valence-electron chi connectivity index (χ4n) is 3.54. The van der Waals surface area contributed by atoms with E-state index in [-0.39, 0.29) is 28.7 Å². The minimum Gasteiger partial charge on any atom is -0.367 e. The van der Waals surface area contributed by atoms with Gasteiger partial charge in [-0.1, -0.05) is 18.2 Å². The van der Waals surface area contributed by atoms with Crippen molar-refractivity contribution in [2.24, 2.45) is 0 Å². The van der Waals surface area contributed by atoms with Crippen molar-refractivity contribution < 1.29 is 17.6 Å². The normalized spacial score (nSPS) is 14.7. The maximum Gasteiger partial charge on any atom is 0.267 e. The lowest BCUT2D eigenvalue weighted by molar-refractivity contribution is 0.102. The molecule has 1 aliphatic heterocycles. The Balaban J connectivity index is 1.50. The van der Waals surface area contributed by atoms with Crippen LogP contribution in [0.4, 0.5) is 15.8 Å². The summed E-state index contributed by atoms with van der Waals surface area (Å²) in [7, 11) is -3.91. The van der Waals surface area contributed by atoms with Gasteiger partial charge in [-0.15, -0.1) is 11.3 Å². The number of anilines is 2. The van der Waals surface area contributed by atoms with E-state index in [2.05, 4.69) is 5.32 Å². The molecule has 1 N–H and O–H groups in total. The number of hydrogen-bond acceptors (Lipinski definition) is 6. The monoisotopic (exact) mass is 470 g/mol. The van der Waals surface area contributed by atoms with E-state index < -0.39 is 15.9 Å². The zero-order valence-corrected chi connectivity index (χ0v) is 18.5. The average molecular weight is 471 g/mol. The lowest BCUT2D eigenvalue weighted by atomic mass is 10.2. The molecule has 0 radical (unpaired) electrons. The molecule has 2 aromatic carbocycles. The van der Waals surface area contributed by atoms with Gasteiger partial charge in [0.2, 0.25) is 10.0 Å². The number of nitrogens with zero attached hydrogens (tertiary/aromatic N) is 3. The number of benzene rings is 2. The predicted molar refractivity (Wildman–Crippen MR) is 121 cm³/mol. The number of halogens is 1. The molecule has 1 saturated heterocycles. The largest absolute Gasteiger partial charge is 0.367 e. The molecule has 32 heavy (non-hydrogen) atoms. The van der Waals surface area contributed by atoms with Crippen molar-refractivity contribution in [3.05, 3.63) is 76.2 Å². The van der Waals surface area contributed by atoms with Crippen molar-refractivity contribution in [1.29, 1.82) is 5.26 Å². The van der Waals surface area contributed by atoms with Crippen LogP contribution >= 0.6 is 11.3 Å². The van der Waals surface area contributed by atoms with Crippen LogP contribution in [0.3, 0.4) is 0 Å². The Hall–Kier alpha value is -3.26. The number of para-hydroxylation sites is 1. The number of carbonyl (C=O) groups is 1. The Bertz CT molecular complexity index is 1290. The molecule has 0 aliphatic carbocycles. The van der Waals surface area contributed by atoms with Gasteiger partial charge in [-0.3, -0.25) is 4.79 Å². The van der Waals surface area contributed by atoms with E-state index in [1.54, 1.807) is 41.8 Å². The van der Waals surface area contributed by atoms with Crippen LogP contribution in [0.2, 0.25) is 0 Å². The van der Waals surface area contributed by atoms with Gasteiger partial charge in [-0.25, -0.2) is 12.8 Å². The summed E-state index contributed by atoms with van der Waals surface area (Å²) in [6.07, 6.45) is 0. The van der Waals surface area contributed by atoms with E-state index in [0.29, 0.717) is 30.0 Å². The lowest BCUT2D eigenvalue weighted by Crippen LogP contribution is -2.49. The van der Waals surface area contributed by atoms with E-state index >= 15 is 0 Å². The molecule has 0 atom stereocenters. The highest BCUT2D eigenvalue weighted by molar-refractivity contribution is 7.89. The number of nitrogens with one attached hydrogen (secondary N) is 1. The summed E-state index contributed by atoms with van der Waals surface area (Å²) in [6.45, 7) is 1.04. The highest BCUT2D eigenvalue weighted by Gasteiger charge is 2.33. The molecule has 0 spiro atoms. The molecule has 0 bridgehead atoms. The van der Waals surface area contributed by atoms with Gasteiger partial charge in [0.25, 0.3) is 5.91 Å². The first-order valence-corrected chi connectivity index (χ1v) is 12.1. The lowest BCUT2D eigenvalue weighted by Gasteiger charge is -2.35. The SMILES string of the molecule is N#Cc1cccc(NC(=O)c2sccc2S(=O)(=O)N2CCN(c3ccccc3F)CC2)c1. The molecular formula is C22H19FN4O3S2. The predicted octanol–water partition coefficient (Wildman–Crippen LogP) is 3.52. The fraction of sp³-hybridized carbons (Fsp3) is 0.182. The first-order chi connectivity index (χ1) is 15.4. The maximum absolute atomic E-state index is 14.1. The number of carbonyl (C=O) groups excluding carboxylic acids is 1. The number of nitriles is 1. The van der Waals surface area contributed by atoms with Gasteiger partial charge >= 0.3 is 0 Å². The molecule has 3 aromatic rings. The van der Waals surface area contributed by atoms with Crippen molar-refractivity contribution >= 4 is 38.6 Å². The highest BCUT2D eigenvalue weighted by atomic mass is 32.2. The van der Waals surface area contributed by atoms with Crippen molar-refractivity contribution in [2.45, 2.75) is 4.90 Å². The molecule has 1 aliphatic rings. The number of rotatable bonds is 5. The van der Waals surface area contributed by atoms with Gasteiger partial charge in [-0.2, -0.15) is 9.57 Å². The van der Waals surface area contributed by atoms with Crippen LogP contribution in [0.15, 0.2) is 64.9 Å². The van der Waals surface area contributed by atoms with Crippen LogP contribution in [-0.2, 0) is 10.0 Å². The number of piperazine rings is 1. The molecule has 0 saturated carbocycles. The molecule has 0 unspecified atom stereocenters. The standard InChI is InChI=1S/C22H19FN4O3S2/c23-18-6-1-2-7-19(18)26-9-11-27(12-10-26)32(29,30)20-8-13-31-21(20)22(28)25-17-5-3-4-16(14-17)15-24/h1-8,13-14H,9-12H2,(H,25,28). The molecule has 1 fully saturated rings. The topological polar surface area (TPSA) is 93.5 Å². The first-order valence-electron chi connectivity index (χ1n) is 9.79. The fourth-order valence-corrected chi connectivity index (χ4v) is 6.26. The molecule has 2 heterocycles. The summed E-state index contributed by atoms with van der Waals surface area (Å²) in [4.78, 5) is 14.6. The molecular weight excluding hydrogens is 451 g/mol. The molecule has 1 aromatic heterocycles. The third kappa shape index (κ3) is 4.36. The van der Waals surface area contributed by atoms with Crippen LogP contribution < -0.4 is 10.2 Å². The summed E-state index contributed by atoms with van der Waals surface area (Å²) in [5.41, 5.74) is 1.23. The maximum atomic E-state index is 14.1. The van der Waals surface area contributed by atoms with Gasteiger partial charge in [0.05, 0.1) is 17.3 Å².